The summed E-state index contributed by atoms with van der Waals surface area (Å²) < 4.78 is 16.1. The molecule has 1 heterocycles. The third kappa shape index (κ3) is 6.48. The molecule has 6 nitrogen and oxygen atoms in total. The van der Waals surface area contributed by atoms with Crippen LogP contribution >= 0.6 is 0 Å². The highest BCUT2D eigenvalue weighted by atomic mass is 16.5. The van der Waals surface area contributed by atoms with Crippen molar-refractivity contribution in [3.05, 3.63) is 59.9 Å². The van der Waals surface area contributed by atoms with Crippen molar-refractivity contribution < 1.29 is 19.0 Å². The van der Waals surface area contributed by atoms with Crippen molar-refractivity contribution >= 4 is 5.97 Å². The Hall–Kier alpha value is -2.57. The lowest BCUT2D eigenvalue weighted by Gasteiger charge is -2.32. The molecule has 0 bridgehead atoms. The summed E-state index contributed by atoms with van der Waals surface area (Å²) in [6.45, 7) is 3.25. The minimum Gasteiger partial charge on any atom is -0.493 e. The average molecular weight is 399 g/mol. The van der Waals surface area contributed by atoms with E-state index in [4.69, 9.17) is 9.47 Å². The van der Waals surface area contributed by atoms with Crippen molar-refractivity contribution in [3.63, 3.8) is 0 Å². The molecule has 3 rings (SSSR count). The molecular formula is C23H30N2O4. The van der Waals surface area contributed by atoms with E-state index in [1.807, 2.05) is 36.4 Å². The summed E-state index contributed by atoms with van der Waals surface area (Å²) in [6.07, 6.45) is 11.3. The molecule has 1 aromatic carbocycles. The molecule has 0 amide bonds. The lowest BCUT2D eigenvalue weighted by atomic mass is 10.0. The standard InChI is InChI=1S/C23H30N2O4/c1-27-21-8-3-4-9-22(21)29-20-7-5-6-18(10-11-20)17-25-14-12-19(13-15-25)24-16-23(26)28-2/h3-10,19,24H,11-17H2,1-2H3. The van der Waals surface area contributed by atoms with Crippen LogP contribution in [0.1, 0.15) is 19.3 Å². The topological polar surface area (TPSA) is 60.0 Å². The highest BCUT2D eigenvalue weighted by molar-refractivity contribution is 5.71. The molecule has 1 aromatic rings. The van der Waals surface area contributed by atoms with E-state index in [0.717, 1.165) is 56.2 Å². The molecule has 0 saturated carbocycles. The number of rotatable bonds is 8. The van der Waals surface area contributed by atoms with Crippen LogP contribution in [-0.4, -0.2) is 57.3 Å². The summed E-state index contributed by atoms with van der Waals surface area (Å²) in [5.41, 5.74) is 1.29. The highest BCUT2D eigenvalue weighted by Gasteiger charge is 2.20. The average Bonchev–Trinajstić information content (AvgIpc) is 2.98. The zero-order valence-electron chi connectivity index (χ0n) is 17.2. The van der Waals surface area contributed by atoms with Crippen LogP contribution in [0.5, 0.6) is 11.5 Å². The Morgan fingerprint density at radius 3 is 2.66 bits per heavy atom. The summed E-state index contributed by atoms with van der Waals surface area (Å²) in [5, 5.41) is 3.28. The predicted octanol–water partition coefficient (Wildman–Crippen LogP) is 3.07. The minimum absolute atomic E-state index is 0.208. The van der Waals surface area contributed by atoms with Crippen LogP contribution in [0.4, 0.5) is 0 Å². The fraction of sp³-hybridized carbons (Fsp3) is 0.435. The number of carbonyl (C=O) groups excluding carboxylic acids is 1. The third-order valence-corrected chi connectivity index (χ3v) is 5.22. The van der Waals surface area contributed by atoms with Gasteiger partial charge in [-0.05, 0) is 49.7 Å². The number of para-hydroxylation sites is 2. The maximum Gasteiger partial charge on any atom is 0.319 e. The number of nitrogens with one attached hydrogen (secondary N) is 1. The first-order valence-electron chi connectivity index (χ1n) is 10.1. The number of hydrogen-bond donors (Lipinski definition) is 1. The quantitative estimate of drug-likeness (QED) is 0.679. The monoisotopic (exact) mass is 398 g/mol. The van der Waals surface area contributed by atoms with Gasteiger partial charge in [0.05, 0.1) is 20.8 Å². The van der Waals surface area contributed by atoms with Gasteiger partial charge in [-0.15, -0.1) is 0 Å². The van der Waals surface area contributed by atoms with Crippen LogP contribution in [0.25, 0.3) is 0 Å². The van der Waals surface area contributed by atoms with Crippen LogP contribution in [0.2, 0.25) is 0 Å². The molecular weight excluding hydrogens is 368 g/mol. The Labute approximate surface area is 172 Å². The zero-order valence-corrected chi connectivity index (χ0v) is 17.2. The van der Waals surface area contributed by atoms with Gasteiger partial charge in [0.25, 0.3) is 0 Å². The number of allylic oxidation sites excluding steroid dienone is 3. The molecule has 29 heavy (non-hydrogen) atoms. The van der Waals surface area contributed by atoms with Crippen LogP contribution in [0.15, 0.2) is 59.9 Å². The smallest absolute Gasteiger partial charge is 0.319 e. The largest absolute Gasteiger partial charge is 0.493 e. The Balaban J connectivity index is 1.46. The Kier molecular flexibility index (Phi) is 7.90. The van der Waals surface area contributed by atoms with Gasteiger partial charge in [0.1, 0.15) is 5.76 Å². The van der Waals surface area contributed by atoms with Gasteiger partial charge in [-0.1, -0.05) is 30.4 Å². The molecule has 6 heteroatoms. The van der Waals surface area contributed by atoms with Gasteiger partial charge >= 0.3 is 5.97 Å². The summed E-state index contributed by atoms with van der Waals surface area (Å²) >= 11 is 0. The van der Waals surface area contributed by atoms with Crippen LogP contribution in [0.3, 0.4) is 0 Å². The van der Waals surface area contributed by atoms with E-state index in [0.29, 0.717) is 6.04 Å². The Morgan fingerprint density at radius 1 is 1.17 bits per heavy atom. The molecule has 0 unspecified atom stereocenters. The Bertz CT molecular complexity index is 777. The fourth-order valence-electron chi connectivity index (χ4n) is 3.54. The van der Waals surface area contributed by atoms with Crippen molar-refractivity contribution in [3.8, 4) is 11.5 Å². The van der Waals surface area contributed by atoms with Crippen molar-refractivity contribution in [1.29, 1.82) is 0 Å². The van der Waals surface area contributed by atoms with Gasteiger partial charge in [0.2, 0.25) is 0 Å². The molecule has 1 fully saturated rings. The third-order valence-electron chi connectivity index (χ3n) is 5.22. The van der Waals surface area contributed by atoms with Crippen molar-refractivity contribution in [2.75, 3.05) is 40.4 Å². The van der Waals surface area contributed by atoms with Crippen LogP contribution in [0, 0.1) is 0 Å². The normalized spacial score (nSPS) is 17.9. The van der Waals surface area contributed by atoms with E-state index in [1.54, 1.807) is 7.11 Å². The highest BCUT2D eigenvalue weighted by Crippen LogP contribution is 2.29. The summed E-state index contributed by atoms with van der Waals surface area (Å²) in [7, 11) is 3.07. The van der Waals surface area contributed by atoms with E-state index in [-0.39, 0.29) is 12.5 Å². The number of piperidine rings is 1. The van der Waals surface area contributed by atoms with Crippen LogP contribution in [-0.2, 0) is 9.53 Å². The van der Waals surface area contributed by atoms with E-state index in [1.165, 1.54) is 12.7 Å². The van der Waals surface area contributed by atoms with Gasteiger partial charge < -0.3 is 19.5 Å². The lowest BCUT2D eigenvalue weighted by molar-refractivity contribution is -0.139. The fourth-order valence-corrected chi connectivity index (χ4v) is 3.54. The summed E-state index contributed by atoms with van der Waals surface area (Å²) in [4.78, 5) is 13.7. The van der Waals surface area contributed by atoms with Crippen molar-refractivity contribution in [1.82, 2.24) is 10.2 Å². The minimum atomic E-state index is -0.208. The summed E-state index contributed by atoms with van der Waals surface area (Å²) in [6, 6.07) is 8.06. The summed E-state index contributed by atoms with van der Waals surface area (Å²) in [5.74, 6) is 2.15. The molecule has 1 aliphatic carbocycles. The molecule has 0 spiro atoms. The first kappa shape index (κ1) is 21.1. The molecule has 0 atom stereocenters. The first-order chi connectivity index (χ1) is 14.2. The molecule has 0 aromatic heterocycles. The van der Waals surface area contributed by atoms with Crippen molar-refractivity contribution in [2.24, 2.45) is 0 Å². The number of hydrogen-bond acceptors (Lipinski definition) is 6. The second-order valence-electron chi connectivity index (χ2n) is 7.24. The second kappa shape index (κ2) is 10.8. The van der Waals surface area contributed by atoms with E-state index < -0.39 is 0 Å². The number of likely N-dealkylation sites (tertiary alicyclic amines) is 1. The number of methoxy groups -OCH3 is 2. The molecule has 1 N–H and O–H groups in total. The molecule has 1 aliphatic heterocycles. The van der Waals surface area contributed by atoms with E-state index in [9.17, 15) is 4.79 Å². The maximum absolute atomic E-state index is 11.3. The van der Waals surface area contributed by atoms with Gasteiger partial charge in [-0.2, -0.15) is 0 Å². The molecule has 0 radical (unpaired) electrons. The van der Waals surface area contributed by atoms with Gasteiger partial charge in [0.15, 0.2) is 11.5 Å². The number of nitrogens with zero attached hydrogens (tertiary/aromatic N) is 1. The SMILES string of the molecule is COC(=O)CNC1CCN(CC2=CCC(Oc3ccccc3OC)=CC=C2)CC1. The molecule has 2 aliphatic rings. The molecule has 1 saturated heterocycles. The second-order valence-corrected chi connectivity index (χ2v) is 7.24. The number of carbonyl (C=O) groups is 1. The number of benzene rings is 1. The zero-order chi connectivity index (χ0) is 20.5. The van der Waals surface area contributed by atoms with Gasteiger partial charge in [0, 0.05) is 19.0 Å². The number of ether oxygens (including phenoxy) is 3. The maximum atomic E-state index is 11.3. The molecule has 156 valence electrons. The van der Waals surface area contributed by atoms with E-state index >= 15 is 0 Å². The Morgan fingerprint density at radius 2 is 1.93 bits per heavy atom. The van der Waals surface area contributed by atoms with E-state index in [2.05, 4.69) is 27.1 Å². The van der Waals surface area contributed by atoms with Crippen LogP contribution < -0.4 is 14.8 Å². The lowest BCUT2D eigenvalue weighted by Crippen LogP contribution is -2.44. The van der Waals surface area contributed by atoms with Gasteiger partial charge in [-0.25, -0.2) is 0 Å². The van der Waals surface area contributed by atoms with Gasteiger partial charge in [-0.3, -0.25) is 9.69 Å². The first-order valence-corrected chi connectivity index (χ1v) is 10.1. The van der Waals surface area contributed by atoms with Crippen molar-refractivity contribution in [2.45, 2.75) is 25.3 Å². The predicted molar refractivity (Wildman–Crippen MR) is 113 cm³/mol. The number of esters is 1.